The monoisotopic (exact) mass is 237 g/mol. The van der Waals surface area contributed by atoms with E-state index in [-0.39, 0.29) is 12.5 Å². The molecule has 0 aromatic heterocycles. The fourth-order valence-electron chi connectivity index (χ4n) is 1.54. The molecule has 0 unspecified atom stereocenters. The molecule has 0 aliphatic carbocycles. The van der Waals surface area contributed by atoms with Gasteiger partial charge in [0.1, 0.15) is 12.3 Å². The summed E-state index contributed by atoms with van der Waals surface area (Å²) in [6.07, 6.45) is 0. The van der Waals surface area contributed by atoms with Crippen LogP contribution in [0.1, 0.15) is 25.3 Å². The molecule has 17 heavy (non-hydrogen) atoms. The van der Waals surface area contributed by atoms with Crippen LogP contribution in [0.25, 0.3) is 0 Å². The Bertz CT molecular complexity index is 388. The lowest BCUT2D eigenvalue weighted by molar-refractivity contribution is -0.138. The first-order valence-corrected chi connectivity index (χ1v) is 5.57. The maximum atomic E-state index is 11.0. The van der Waals surface area contributed by atoms with Gasteiger partial charge < -0.3 is 14.8 Å². The summed E-state index contributed by atoms with van der Waals surface area (Å²) in [5.74, 6) is 0.945. The lowest BCUT2D eigenvalue weighted by Crippen LogP contribution is -2.15. The van der Waals surface area contributed by atoms with Crippen molar-refractivity contribution < 1.29 is 14.3 Å². The van der Waals surface area contributed by atoms with Gasteiger partial charge in [-0.25, -0.2) is 0 Å². The van der Waals surface area contributed by atoms with E-state index in [2.05, 4.69) is 23.9 Å². The van der Waals surface area contributed by atoms with Crippen molar-refractivity contribution >= 4 is 11.7 Å². The van der Waals surface area contributed by atoms with Crippen LogP contribution in [0.3, 0.4) is 0 Å². The Hall–Kier alpha value is -1.71. The van der Waals surface area contributed by atoms with Crippen molar-refractivity contribution in [2.75, 3.05) is 26.1 Å². The van der Waals surface area contributed by atoms with Crippen molar-refractivity contribution in [1.82, 2.24) is 0 Å². The van der Waals surface area contributed by atoms with Gasteiger partial charge in [-0.15, -0.1) is 0 Å². The summed E-state index contributed by atoms with van der Waals surface area (Å²) in [4.78, 5) is 11.0. The van der Waals surface area contributed by atoms with Gasteiger partial charge >= 0.3 is 5.97 Å². The summed E-state index contributed by atoms with van der Waals surface area (Å²) >= 11 is 0. The molecule has 0 atom stereocenters. The molecule has 1 aromatic carbocycles. The molecular formula is C13H19NO3. The number of methoxy groups -OCH3 is 2. The molecule has 1 N–H and O–H groups in total. The van der Waals surface area contributed by atoms with Gasteiger partial charge in [-0.2, -0.15) is 0 Å². The highest BCUT2D eigenvalue weighted by molar-refractivity contribution is 5.75. The highest BCUT2D eigenvalue weighted by Crippen LogP contribution is 2.28. The van der Waals surface area contributed by atoms with Crippen molar-refractivity contribution in [1.29, 1.82) is 0 Å². The first kappa shape index (κ1) is 13.4. The molecule has 0 heterocycles. The van der Waals surface area contributed by atoms with Crippen LogP contribution in [0.15, 0.2) is 18.2 Å². The minimum absolute atomic E-state index is 0.167. The molecule has 0 radical (unpaired) electrons. The zero-order valence-electron chi connectivity index (χ0n) is 10.7. The zero-order valence-corrected chi connectivity index (χ0v) is 10.7. The number of hydrogen-bond donors (Lipinski definition) is 1. The van der Waals surface area contributed by atoms with Gasteiger partial charge in [0.2, 0.25) is 0 Å². The van der Waals surface area contributed by atoms with Crippen LogP contribution < -0.4 is 10.1 Å². The van der Waals surface area contributed by atoms with Gasteiger partial charge in [-0.05, 0) is 29.7 Å². The number of benzene rings is 1. The van der Waals surface area contributed by atoms with Crippen molar-refractivity contribution in [3.8, 4) is 5.75 Å². The Morgan fingerprint density at radius 2 is 2.06 bits per heavy atom. The van der Waals surface area contributed by atoms with Crippen LogP contribution >= 0.6 is 0 Å². The second-order valence-electron chi connectivity index (χ2n) is 4.04. The quantitative estimate of drug-likeness (QED) is 0.799. The molecule has 0 aliphatic rings. The van der Waals surface area contributed by atoms with Crippen molar-refractivity contribution in [2.45, 2.75) is 19.8 Å². The first-order valence-electron chi connectivity index (χ1n) is 5.57. The Morgan fingerprint density at radius 3 is 2.59 bits per heavy atom. The lowest BCUT2D eigenvalue weighted by atomic mass is 10.0. The van der Waals surface area contributed by atoms with Crippen LogP contribution in [0.2, 0.25) is 0 Å². The number of carbonyl (C=O) groups excluding carboxylic acids is 1. The zero-order chi connectivity index (χ0) is 12.8. The highest BCUT2D eigenvalue weighted by Gasteiger charge is 2.08. The normalized spacial score (nSPS) is 10.2. The Kier molecular flexibility index (Phi) is 4.82. The van der Waals surface area contributed by atoms with E-state index in [1.807, 2.05) is 18.2 Å². The van der Waals surface area contributed by atoms with Crippen molar-refractivity contribution in [3.05, 3.63) is 23.8 Å². The number of hydrogen-bond acceptors (Lipinski definition) is 4. The summed E-state index contributed by atoms with van der Waals surface area (Å²) in [5, 5.41) is 3.01. The van der Waals surface area contributed by atoms with Crippen LogP contribution in [0.4, 0.5) is 5.69 Å². The SMILES string of the molecule is COC(=O)CNc1ccc(OC)c(C(C)C)c1. The average molecular weight is 237 g/mol. The third kappa shape index (κ3) is 3.66. The van der Waals surface area contributed by atoms with E-state index in [1.165, 1.54) is 7.11 Å². The molecule has 0 spiro atoms. The Labute approximate surface area is 102 Å². The maximum Gasteiger partial charge on any atom is 0.325 e. The van der Waals surface area contributed by atoms with Crippen molar-refractivity contribution in [3.63, 3.8) is 0 Å². The molecular weight excluding hydrogens is 218 g/mol. The largest absolute Gasteiger partial charge is 0.496 e. The molecule has 0 saturated carbocycles. The van der Waals surface area contributed by atoms with Crippen LogP contribution in [0, 0.1) is 0 Å². The Morgan fingerprint density at radius 1 is 1.35 bits per heavy atom. The number of anilines is 1. The maximum absolute atomic E-state index is 11.0. The van der Waals surface area contributed by atoms with E-state index in [4.69, 9.17) is 4.74 Å². The van der Waals surface area contributed by atoms with E-state index in [0.29, 0.717) is 5.92 Å². The van der Waals surface area contributed by atoms with E-state index in [9.17, 15) is 4.79 Å². The highest BCUT2D eigenvalue weighted by atomic mass is 16.5. The predicted octanol–water partition coefficient (Wildman–Crippen LogP) is 2.40. The third-order valence-corrected chi connectivity index (χ3v) is 2.52. The number of esters is 1. The molecule has 4 heteroatoms. The molecule has 94 valence electrons. The molecule has 4 nitrogen and oxygen atoms in total. The average Bonchev–Trinajstić information content (AvgIpc) is 2.35. The summed E-state index contributed by atoms with van der Waals surface area (Å²) in [6.45, 7) is 4.37. The third-order valence-electron chi connectivity index (χ3n) is 2.52. The Balaban J connectivity index is 2.81. The van der Waals surface area contributed by atoms with E-state index in [1.54, 1.807) is 7.11 Å². The summed E-state index contributed by atoms with van der Waals surface area (Å²) in [5.41, 5.74) is 2.00. The van der Waals surface area contributed by atoms with E-state index >= 15 is 0 Å². The molecule has 0 fully saturated rings. The van der Waals surface area contributed by atoms with Crippen LogP contribution in [-0.2, 0) is 9.53 Å². The second-order valence-corrected chi connectivity index (χ2v) is 4.04. The number of nitrogens with one attached hydrogen (secondary N) is 1. The molecule has 0 amide bonds. The molecule has 1 rings (SSSR count). The number of carbonyl (C=O) groups is 1. The molecule has 0 aliphatic heterocycles. The lowest BCUT2D eigenvalue weighted by Gasteiger charge is -2.14. The minimum atomic E-state index is -0.285. The minimum Gasteiger partial charge on any atom is -0.496 e. The molecule has 1 aromatic rings. The fraction of sp³-hybridized carbons (Fsp3) is 0.462. The van der Waals surface area contributed by atoms with E-state index in [0.717, 1.165) is 17.0 Å². The smallest absolute Gasteiger partial charge is 0.325 e. The van der Waals surface area contributed by atoms with Gasteiger partial charge in [0.15, 0.2) is 0 Å². The van der Waals surface area contributed by atoms with Gasteiger partial charge in [0.05, 0.1) is 14.2 Å². The summed E-state index contributed by atoms with van der Waals surface area (Å²) in [7, 11) is 3.03. The summed E-state index contributed by atoms with van der Waals surface area (Å²) in [6, 6.07) is 5.77. The topological polar surface area (TPSA) is 47.6 Å². The second kappa shape index (κ2) is 6.13. The number of ether oxygens (including phenoxy) is 2. The fourth-order valence-corrected chi connectivity index (χ4v) is 1.54. The molecule has 0 bridgehead atoms. The van der Waals surface area contributed by atoms with Crippen molar-refractivity contribution in [2.24, 2.45) is 0 Å². The number of rotatable bonds is 5. The van der Waals surface area contributed by atoms with Gasteiger partial charge in [0, 0.05) is 5.69 Å². The predicted molar refractivity (Wildman–Crippen MR) is 67.6 cm³/mol. The van der Waals surface area contributed by atoms with Gasteiger partial charge in [-0.1, -0.05) is 13.8 Å². The van der Waals surface area contributed by atoms with Crippen LogP contribution in [-0.4, -0.2) is 26.7 Å². The van der Waals surface area contributed by atoms with Gasteiger partial charge in [-0.3, -0.25) is 4.79 Å². The molecule has 0 saturated heterocycles. The standard InChI is InChI=1S/C13H19NO3/c1-9(2)11-7-10(5-6-12(11)16-3)14-8-13(15)17-4/h5-7,9,14H,8H2,1-4H3. The first-order chi connectivity index (χ1) is 8.08. The van der Waals surface area contributed by atoms with Crippen LogP contribution in [0.5, 0.6) is 5.75 Å². The van der Waals surface area contributed by atoms with Gasteiger partial charge in [0.25, 0.3) is 0 Å². The van der Waals surface area contributed by atoms with E-state index < -0.39 is 0 Å². The summed E-state index contributed by atoms with van der Waals surface area (Å²) < 4.78 is 9.86.